The maximum Gasteiger partial charge on any atom is 0.191 e. The van der Waals surface area contributed by atoms with Crippen LogP contribution in [0.4, 0.5) is 0 Å². The zero-order valence-corrected chi connectivity index (χ0v) is 16.8. The molecule has 1 unspecified atom stereocenters. The van der Waals surface area contributed by atoms with E-state index in [4.69, 9.17) is 0 Å². The van der Waals surface area contributed by atoms with Crippen LogP contribution in [-0.4, -0.2) is 50.1 Å². The van der Waals surface area contributed by atoms with Crippen LogP contribution in [0, 0.1) is 0 Å². The van der Waals surface area contributed by atoms with Crippen LogP contribution in [0.1, 0.15) is 31.1 Å². The van der Waals surface area contributed by atoms with E-state index < -0.39 is 0 Å². The maximum atomic E-state index is 4.32. The van der Waals surface area contributed by atoms with Gasteiger partial charge in [0, 0.05) is 31.1 Å². The molecule has 6 heteroatoms. The van der Waals surface area contributed by atoms with Gasteiger partial charge in [0.15, 0.2) is 5.96 Å². The van der Waals surface area contributed by atoms with Crippen molar-refractivity contribution in [3.05, 3.63) is 22.4 Å². The van der Waals surface area contributed by atoms with Crippen LogP contribution in [0.15, 0.2) is 22.5 Å². The molecule has 1 atom stereocenters. The third-order valence-electron chi connectivity index (χ3n) is 4.10. The van der Waals surface area contributed by atoms with Crippen LogP contribution in [0.3, 0.4) is 0 Å². The standard InChI is InChI=1S/C16H28N4S.HI/c1-3-14(20-10-4-5-11-20)13-19-16(17-2)18-9-8-15-7-6-12-21-15;/h6-7,12,14H,3-5,8-11,13H2,1-2H3,(H2,17,18,19);1H. The number of nitrogens with zero attached hydrogens (tertiary/aromatic N) is 2. The van der Waals surface area contributed by atoms with Gasteiger partial charge in [-0.25, -0.2) is 0 Å². The van der Waals surface area contributed by atoms with E-state index in [9.17, 15) is 0 Å². The SMILES string of the molecule is CCC(CNC(=NC)NCCc1cccs1)N1CCCC1.I. The molecule has 0 spiro atoms. The number of halogens is 1. The summed E-state index contributed by atoms with van der Waals surface area (Å²) in [7, 11) is 1.84. The van der Waals surface area contributed by atoms with Gasteiger partial charge in [-0.3, -0.25) is 9.89 Å². The Kier molecular flexibility index (Phi) is 10.1. The van der Waals surface area contributed by atoms with Gasteiger partial charge in [0.05, 0.1) is 0 Å². The lowest BCUT2D eigenvalue weighted by Crippen LogP contribution is -2.46. The molecule has 2 N–H and O–H groups in total. The van der Waals surface area contributed by atoms with Crippen molar-refractivity contribution in [1.29, 1.82) is 0 Å². The molecule has 126 valence electrons. The summed E-state index contributed by atoms with van der Waals surface area (Å²) < 4.78 is 0. The number of guanidine groups is 1. The van der Waals surface area contributed by atoms with Crippen molar-refractivity contribution in [2.45, 2.75) is 38.6 Å². The molecule has 1 aliphatic rings. The maximum absolute atomic E-state index is 4.32. The zero-order valence-electron chi connectivity index (χ0n) is 13.7. The molecule has 1 aliphatic heterocycles. The Morgan fingerprint density at radius 2 is 2.14 bits per heavy atom. The van der Waals surface area contributed by atoms with Gasteiger partial charge in [-0.05, 0) is 50.2 Å². The Morgan fingerprint density at radius 1 is 1.36 bits per heavy atom. The third-order valence-corrected chi connectivity index (χ3v) is 5.04. The van der Waals surface area contributed by atoms with Gasteiger partial charge < -0.3 is 10.6 Å². The van der Waals surface area contributed by atoms with Crippen LogP contribution >= 0.6 is 35.3 Å². The third kappa shape index (κ3) is 6.42. The van der Waals surface area contributed by atoms with Gasteiger partial charge in [-0.1, -0.05) is 13.0 Å². The van der Waals surface area contributed by atoms with E-state index in [1.165, 1.54) is 37.2 Å². The Morgan fingerprint density at radius 3 is 2.73 bits per heavy atom. The van der Waals surface area contributed by atoms with E-state index in [2.05, 4.69) is 45.0 Å². The first-order chi connectivity index (χ1) is 10.3. The number of likely N-dealkylation sites (tertiary alicyclic amines) is 1. The van der Waals surface area contributed by atoms with Crippen LogP contribution in [0.25, 0.3) is 0 Å². The molecular formula is C16H29IN4S. The van der Waals surface area contributed by atoms with E-state index >= 15 is 0 Å². The van der Waals surface area contributed by atoms with Gasteiger partial charge in [-0.2, -0.15) is 0 Å². The molecule has 22 heavy (non-hydrogen) atoms. The molecule has 2 rings (SSSR count). The summed E-state index contributed by atoms with van der Waals surface area (Å²) in [5, 5.41) is 9.01. The lowest BCUT2D eigenvalue weighted by Gasteiger charge is -2.27. The fourth-order valence-corrected chi connectivity index (χ4v) is 3.54. The van der Waals surface area contributed by atoms with Gasteiger partial charge >= 0.3 is 0 Å². The van der Waals surface area contributed by atoms with Gasteiger partial charge in [-0.15, -0.1) is 35.3 Å². The first-order valence-electron chi connectivity index (χ1n) is 8.04. The second-order valence-corrected chi connectivity index (χ2v) is 6.55. The largest absolute Gasteiger partial charge is 0.356 e. The molecule has 0 amide bonds. The average molecular weight is 436 g/mol. The smallest absolute Gasteiger partial charge is 0.191 e. The summed E-state index contributed by atoms with van der Waals surface area (Å²) in [4.78, 5) is 8.34. The van der Waals surface area contributed by atoms with Gasteiger partial charge in [0.25, 0.3) is 0 Å². The molecular weight excluding hydrogens is 407 g/mol. The Hall–Kier alpha value is -0.340. The minimum atomic E-state index is 0. The molecule has 0 aliphatic carbocycles. The number of hydrogen-bond acceptors (Lipinski definition) is 3. The van der Waals surface area contributed by atoms with Crippen LogP contribution in [0.2, 0.25) is 0 Å². The summed E-state index contributed by atoms with van der Waals surface area (Å²) in [5.74, 6) is 0.921. The quantitative estimate of drug-likeness (QED) is 0.392. The minimum Gasteiger partial charge on any atom is -0.356 e. The van der Waals surface area contributed by atoms with E-state index in [1.54, 1.807) is 0 Å². The second kappa shape index (κ2) is 11.2. The lowest BCUT2D eigenvalue weighted by molar-refractivity contribution is 0.236. The average Bonchev–Trinajstić information content (AvgIpc) is 3.19. The molecule has 1 aromatic heterocycles. The molecule has 0 aromatic carbocycles. The summed E-state index contributed by atoms with van der Waals surface area (Å²) in [6, 6.07) is 4.92. The second-order valence-electron chi connectivity index (χ2n) is 5.51. The molecule has 1 aromatic rings. The van der Waals surface area contributed by atoms with Crippen molar-refractivity contribution in [1.82, 2.24) is 15.5 Å². The first-order valence-corrected chi connectivity index (χ1v) is 8.92. The summed E-state index contributed by atoms with van der Waals surface area (Å²) in [5.41, 5.74) is 0. The number of rotatable bonds is 7. The predicted molar refractivity (Wildman–Crippen MR) is 108 cm³/mol. The van der Waals surface area contributed by atoms with Crippen molar-refractivity contribution < 1.29 is 0 Å². The molecule has 2 heterocycles. The number of nitrogens with one attached hydrogen (secondary N) is 2. The van der Waals surface area contributed by atoms with E-state index in [0.717, 1.165) is 25.5 Å². The number of aliphatic imine (C=N–C) groups is 1. The Labute approximate surface area is 155 Å². The Balaban J connectivity index is 0.00000242. The van der Waals surface area contributed by atoms with Crippen molar-refractivity contribution in [2.24, 2.45) is 4.99 Å². The molecule has 1 saturated heterocycles. The fraction of sp³-hybridized carbons (Fsp3) is 0.688. The highest BCUT2D eigenvalue weighted by Crippen LogP contribution is 2.13. The van der Waals surface area contributed by atoms with Crippen molar-refractivity contribution in [3.63, 3.8) is 0 Å². The Bertz CT molecular complexity index is 416. The minimum absolute atomic E-state index is 0. The molecule has 0 bridgehead atoms. The molecule has 1 fully saturated rings. The zero-order chi connectivity index (χ0) is 14.9. The number of thiophene rings is 1. The van der Waals surface area contributed by atoms with Crippen molar-refractivity contribution >= 4 is 41.3 Å². The summed E-state index contributed by atoms with van der Waals surface area (Å²) in [6.07, 6.45) is 4.95. The van der Waals surface area contributed by atoms with Crippen molar-refractivity contribution in [3.8, 4) is 0 Å². The molecule has 0 saturated carbocycles. The van der Waals surface area contributed by atoms with Crippen LogP contribution in [0.5, 0.6) is 0 Å². The summed E-state index contributed by atoms with van der Waals surface area (Å²) >= 11 is 1.81. The topological polar surface area (TPSA) is 39.7 Å². The number of hydrogen-bond donors (Lipinski definition) is 2. The van der Waals surface area contributed by atoms with Crippen LogP contribution in [-0.2, 0) is 6.42 Å². The van der Waals surface area contributed by atoms with Crippen LogP contribution < -0.4 is 10.6 Å². The lowest BCUT2D eigenvalue weighted by atomic mass is 10.2. The highest BCUT2D eigenvalue weighted by atomic mass is 127. The fourth-order valence-electron chi connectivity index (χ4n) is 2.83. The monoisotopic (exact) mass is 436 g/mol. The van der Waals surface area contributed by atoms with E-state index in [-0.39, 0.29) is 24.0 Å². The van der Waals surface area contributed by atoms with E-state index in [1.807, 2.05) is 18.4 Å². The summed E-state index contributed by atoms with van der Waals surface area (Å²) in [6.45, 7) is 6.70. The normalized spacial score (nSPS) is 17.1. The van der Waals surface area contributed by atoms with E-state index in [0.29, 0.717) is 6.04 Å². The predicted octanol–water partition coefficient (Wildman–Crippen LogP) is 2.95. The van der Waals surface area contributed by atoms with Gasteiger partial charge in [0.2, 0.25) is 0 Å². The highest BCUT2D eigenvalue weighted by Gasteiger charge is 2.20. The molecule has 0 radical (unpaired) electrons. The molecule has 4 nitrogen and oxygen atoms in total. The highest BCUT2D eigenvalue weighted by molar-refractivity contribution is 14.0. The van der Waals surface area contributed by atoms with Crippen molar-refractivity contribution in [2.75, 3.05) is 33.2 Å². The first kappa shape index (κ1) is 19.7. The van der Waals surface area contributed by atoms with Gasteiger partial charge in [0.1, 0.15) is 0 Å².